The van der Waals surface area contributed by atoms with Gasteiger partial charge in [0, 0.05) is 18.6 Å². The molecule has 2 N–H and O–H groups in total. The molecule has 0 aromatic carbocycles. The van der Waals surface area contributed by atoms with Gasteiger partial charge in [-0.15, -0.1) is 0 Å². The summed E-state index contributed by atoms with van der Waals surface area (Å²) in [5.74, 6) is 0.847. The topological polar surface area (TPSA) is 35.5 Å². The molecule has 1 saturated heterocycles. The van der Waals surface area contributed by atoms with Gasteiger partial charge in [-0.1, -0.05) is 34.6 Å². The van der Waals surface area contributed by atoms with Crippen LogP contribution in [-0.4, -0.2) is 48.3 Å². The summed E-state index contributed by atoms with van der Waals surface area (Å²) in [4.78, 5) is 2.50. The highest BCUT2D eigenvalue weighted by Gasteiger charge is 2.29. The van der Waals surface area contributed by atoms with E-state index in [2.05, 4.69) is 44.8 Å². The summed E-state index contributed by atoms with van der Waals surface area (Å²) in [6, 6.07) is 0.658. The van der Waals surface area contributed by atoms with Crippen molar-refractivity contribution in [2.45, 2.75) is 59.5 Å². The summed E-state index contributed by atoms with van der Waals surface area (Å²) < 4.78 is 0. The molecule has 0 amide bonds. The van der Waals surface area contributed by atoms with E-state index in [0.29, 0.717) is 11.5 Å². The van der Waals surface area contributed by atoms with E-state index in [1.807, 2.05) is 0 Å². The van der Waals surface area contributed by atoms with Crippen molar-refractivity contribution in [3.8, 4) is 0 Å². The number of hydrogen-bond donors (Lipinski definition) is 2. The highest BCUT2D eigenvalue weighted by Crippen LogP contribution is 2.34. The van der Waals surface area contributed by atoms with Crippen LogP contribution in [-0.2, 0) is 0 Å². The summed E-state index contributed by atoms with van der Waals surface area (Å²) in [6.45, 7) is 14.9. The van der Waals surface area contributed by atoms with E-state index in [4.69, 9.17) is 0 Å². The van der Waals surface area contributed by atoms with Crippen LogP contribution in [0.1, 0.15) is 47.5 Å². The van der Waals surface area contributed by atoms with Gasteiger partial charge in [0.25, 0.3) is 0 Å². The van der Waals surface area contributed by atoms with E-state index in [0.717, 1.165) is 12.5 Å². The van der Waals surface area contributed by atoms with Gasteiger partial charge in [-0.05, 0) is 37.3 Å². The Morgan fingerprint density at radius 2 is 1.78 bits per heavy atom. The van der Waals surface area contributed by atoms with Gasteiger partial charge in [0.15, 0.2) is 0 Å². The van der Waals surface area contributed by atoms with Crippen LogP contribution in [0.2, 0.25) is 0 Å². The standard InChI is InChI=1S/C15H32N2O/c1-12(2)16-14(11-18)10-17-8-6-13(7-9-17)15(3,4)5/h12-14,16,18H,6-11H2,1-5H3. The molecule has 1 atom stereocenters. The maximum absolute atomic E-state index is 9.40. The number of likely N-dealkylation sites (tertiary alicyclic amines) is 1. The SMILES string of the molecule is CC(C)NC(CO)CN1CCC(C(C)(C)C)CC1. The number of piperidine rings is 1. The molecule has 0 aromatic rings. The zero-order valence-corrected chi connectivity index (χ0v) is 12.9. The molecule has 3 heteroatoms. The first-order chi connectivity index (χ1) is 8.32. The van der Waals surface area contributed by atoms with Gasteiger partial charge < -0.3 is 15.3 Å². The fraction of sp³-hybridized carbons (Fsp3) is 1.00. The third-order valence-electron chi connectivity index (χ3n) is 4.08. The Balaban J connectivity index is 2.34. The minimum Gasteiger partial charge on any atom is -0.395 e. The summed E-state index contributed by atoms with van der Waals surface area (Å²) >= 11 is 0. The second-order valence-electron chi connectivity index (χ2n) is 7.14. The normalized spacial score (nSPS) is 21.5. The van der Waals surface area contributed by atoms with Gasteiger partial charge in [0.1, 0.15) is 0 Å². The first kappa shape index (κ1) is 15.9. The molecular formula is C15H32N2O. The van der Waals surface area contributed by atoms with Crippen molar-refractivity contribution in [2.75, 3.05) is 26.2 Å². The molecular weight excluding hydrogens is 224 g/mol. The molecule has 0 spiro atoms. The van der Waals surface area contributed by atoms with Crippen LogP contribution in [0.5, 0.6) is 0 Å². The molecule has 1 aliphatic rings. The number of nitrogens with zero attached hydrogens (tertiary/aromatic N) is 1. The smallest absolute Gasteiger partial charge is 0.0597 e. The Morgan fingerprint density at radius 1 is 1.22 bits per heavy atom. The van der Waals surface area contributed by atoms with Crippen molar-refractivity contribution >= 4 is 0 Å². The minimum atomic E-state index is 0.219. The lowest BCUT2D eigenvalue weighted by atomic mass is 9.75. The number of nitrogens with one attached hydrogen (secondary N) is 1. The lowest BCUT2D eigenvalue weighted by Crippen LogP contribution is -2.48. The van der Waals surface area contributed by atoms with Gasteiger partial charge in [0.05, 0.1) is 6.61 Å². The van der Waals surface area contributed by atoms with Crippen molar-refractivity contribution in [1.29, 1.82) is 0 Å². The molecule has 1 unspecified atom stereocenters. The molecule has 0 saturated carbocycles. The van der Waals surface area contributed by atoms with E-state index in [1.54, 1.807) is 0 Å². The van der Waals surface area contributed by atoms with E-state index in [9.17, 15) is 5.11 Å². The third kappa shape index (κ3) is 5.25. The molecule has 0 aliphatic carbocycles. The van der Waals surface area contributed by atoms with E-state index in [-0.39, 0.29) is 12.6 Å². The highest BCUT2D eigenvalue weighted by molar-refractivity contribution is 4.82. The zero-order valence-electron chi connectivity index (χ0n) is 12.9. The maximum Gasteiger partial charge on any atom is 0.0597 e. The van der Waals surface area contributed by atoms with Crippen LogP contribution in [0.25, 0.3) is 0 Å². The fourth-order valence-corrected chi connectivity index (χ4v) is 2.93. The molecule has 18 heavy (non-hydrogen) atoms. The molecule has 3 nitrogen and oxygen atoms in total. The molecule has 0 radical (unpaired) electrons. The minimum absolute atomic E-state index is 0.219. The quantitative estimate of drug-likeness (QED) is 0.791. The summed E-state index contributed by atoms with van der Waals surface area (Å²) in [5, 5.41) is 12.8. The molecule has 1 fully saturated rings. The number of aliphatic hydroxyl groups is 1. The number of hydrogen-bond acceptors (Lipinski definition) is 3. The van der Waals surface area contributed by atoms with Crippen LogP contribution in [0.15, 0.2) is 0 Å². The first-order valence-electron chi connectivity index (χ1n) is 7.42. The van der Waals surface area contributed by atoms with Crippen LogP contribution >= 0.6 is 0 Å². The molecule has 0 aromatic heterocycles. The molecule has 0 bridgehead atoms. The van der Waals surface area contributed by atoms with Crippen molar-refractivity contribution in [3.63, 3.8) is 0 Å². The second kappa shape index (κ2) is 6.88. The third-order valence-corrected chi connectivity index (χ3v) is 4.08. The molecule has 1 rings (SSSR count). The van der Waals surface area contributed by atoms with Crippen LogP contribution in [0.3, 0.4) is 0 Å². The number of rotatable bonds is 5. The lowest BCUT2D eigenvalue weighted by Gasteiger charge is -2.40. The Kier molecular flexibility index (Phi) is 6.09. The molecule has 1 heterocycles. The Bertz CT molecular complexity index is 227. The predicted molar refractivity (Wildman–Crippen MR) is 77.8 cm³/mol. The fourth-order valence-electron chi connectivity index (χ4n) is 2.93. The molecule has 108 valence electrons. The second-order valence-corrected chi connectivity index (χ2v) is 7.14. The average Bonchev–Trinajstić information content (AvgIpc) is 2.27. The van der Waals surface area contributed by atoms with E-state index < -0.39 is 0 Å². The first-order valence-corrected chi connectivity index (χ1v) is 7.42. The van der Waals surface area contributed by atoms with Crippen molar-refractivity contribution in [2.24, 2.45) is 11.3 Å². The van der Waals surface area contributed by atoms with Crippen LogP contribution in [0, 0.1) is 11.3 Å². The van der Waals surface area contributed by atoms with Crippen molar-refractivity contribution < 1.29 is 5.11 Å². The van der Waals surface area contributed by atoms with Gasteiger partial charge in [0.2, 0.25) is 0 Å². The Hall–Kier alpha value is -0.120. The van der Waals surface area contributed by atoms with E-state index in [1.165, 1.54) is 25.9 Å². The Morgan fingerprint density at radius 3 is 2.17 bits per heavy atom. The van der Waals surface area contributed by atoms with Gasteiger partial charge in [-0.25, -0.2) is 0 Å². The largest absolute Gasteiger partial charge is 0.395 e. The van der Waals surface area contributed by atoms with Crippen molar-refractivity contribution in [1.82, 2.24) is 10.2 Å². The monoisotopic (exact) mass is 256 g/mol. The van der Waals surface area contributed by atoms with Gasteiger partial charge in [-0.2, -0.15) is 0 Å². The summed E-state index contributed by atoms with van der Waals surface area (Å²) in [6.07, 6.45) is 2.59. The van der Waals surface area contributed by atoms with E-state index >= 15 is 0 Å². The maximum atomic E-state index is 9.40. The zero-order chi connectivity index (χ0) is 13.8. The molecule has 1 aliphatic heterocycles. The highest BCUT2D eigenvalue weighted by atomic mass is 16.3. The van der Waals surface area contributed by atoms with Gasteiger partial charge in [-0.3, -0.25) is 0 Å². The Labute approximate surface area is 113 Å². The van der Waals surface area contributed by atoms with Crippen LogP contribution in [0.4, 0.5) is 0 Å². The lowest BCUT2D eigenvalue weighted by molar-refractivity contribution is 0.0946. The van der Waals surface area contributed by atoms with Crippen LogP contribution < -0.4 is 5.32 Å². The van der Waals surface area contributed by atoms with Gasteiger partial charge >= 0.3 is 0 Å². The number of aliphatic hydroxyl groups excluding tert-OH is 1. The van der Waals surface area contributed by atoms with Crippen molar-refractivity contribution in [3.05, 3.63) is 0 Å². The summed E-state index contributed by atoms with van der Waals surface area (Å²) in [5.41, 5.74) is 0.443. The predicted octanol–water partition coefficient (Wildman–Crippen LogP) is 2.10. The average molecular weight is 256 g/mol. The summed E-state index contributed by atoms with van der Waals surface area (Å²) in [7, 11) is 0.